The Balaban J connectivity index is 1.87. The highest BCUT2D eigenvalue weighted by Gasteiger charge is 2.44. The molecule has 1 aliphatic rings. The minimum absolute atomic E-state index is 0.202. The molecule has 1 unspecified atom stereocenters. The summed E-state index contributed by atoms with van der Waals surface area (Å²) in [5.74, 6) is -1.68. The summed E-state index contributed by atoms with van der Waals surface area (Å²) in [4.78, 5) is 34.0. The van der Waals surface area contributed by atoms with E-state index in [0.717, 1.165) is 24.3 Å². The molecule has 2 aromatic rings. The Morgan fingerprint density at radius 1 is 1.18 bits per heavy atom. The van der Waals surface area contributed by atoms with Gasteiger partial charge in [0.25, 0.3) is 11.6 Å². The van der Waals surface area contributed by atoms with Gasteiger partial charge < -0.3 is 10.1 Å². The normalized spacial score (nSPS) is 14.6. The maximum absolute atomic E-state index is 13.4. The maximum Gasteiger partial charge on any atom is 0.429 e. The van der Waals surface area contributed by atoms with Gasteiger partial charge in [-0.25, -0.2) is 4.79 Å². The van der Waals surface area contributed by atoms with E-state index in [1.54, 1.807) is 0 Å². The smallest absolute Gasteiger partial charge is 0.429 e. The summed E-state index contributed by atoms with van der Waals surface area (Å²) >= 11 is 0. The number of benzene rings is 2. The van der Waals surface area contributed by atoms with Crippen molar-refractivity contribution in [2.45, 2.75) is 18.7 Å². The molecule has 1 amide bonds. The van der Waals surface area contributed by atoms with Gasteiger partial charge in [-0.05, 0) is 36.2 Å². The van der Waals surface area contributed by atoms with E-state index in [1.807, 2.05) is 0 Å². The Bertz CT molecular complexity index is 941. The van der Waals surface area contributed by atoms with Crippen LogP contribution in [-0.4, -0.2) is 29.5 Å². The van der Waals surface area contributed by atoms with E-state index in [2.05, 4.69) is 10.1 Å². The molecule has 10 heteroatoms. The predicted molar refractivity (Wildman–Crippen MR) is 89.8 cm³/mol. The van der Waals surface area contributed by atoms with Gasteiger partial charge in [0, 0.05) is 29.8 Å². The van der Waals surface area contributed by atoms with Crippen molar-refractivity contribution in [1.29, 1.82) is 0 Å². The van der Waals surface area contributed by atoms with E-state index in [-0.39, 0.29) is 11.1 Å². The summed E-state index contributed by atoms with van der Waals surface area (Å²) in [6, 6.07) is 7.53. The zero-order valence-corrected chi connectivity index (χ0v) is 14.2. The molecule has 0 aliphatic carbocycles. The average molecular weight is 394 g/mol. The third kappa shape index (κ3) is 3.95. The highest BCUT2D eigenvalue weighted by molar-refractivity contribution is 6.00. The number of esters is 1. The molecular weight excluding hydrogens is 381 g/mol. The van der Waals surface area contributed by atoms with Crippen LogP contribution >= 0.6 is 0 Å². The fourth-order valence-electron chi connectivity index (χ4n) is 2.81. The van der Waals surface area contributed by atoms with Crippen LogP contribution in [0.15, 0.2) is 42.5 Å². The number of hydrogen-bond acceptors (Lipinski definition) is 5. The molecule has 146 valence electrons. The first kappa shape index (κ1) is 19.3. The van der Waals surface area contributed by atoms with Crippen molar-refractivity contribution in [2.75, 3.05) is 6.54 Å². The topological polar surface area (TPSA) is 98.5 Å². The number of non-ortho nitro benzene ring substituents is 1. The molecule has 0 saturated carbocycles. The van der Waals surface area contributed by atoms with E-state index in [9.17, 15) is 32.9 Å². The van der Waals surface area contributed by atoms with Crippen molar-refractivity contribution in [3.05, 3.63) is 74.8 Å². The number of fused-ring (bicyclic) bond motifs is 1. The van der Waals surface area contributed by atoms with Gasteiger partial charge in [0.05, 0.1) is 10.5 Å². The second kappa shape index (κ2) is 7.29. The molecule has 0 aromatic heterocycles. The van der Waals surface area contributed by atoms with Crippen LogP contribution in [-0.2, 0) is 11.2 Å². The number of alkyl halides is 3. The molecule has 7 nitrogen and oxygen atoms in total. The second-order valence-electron chi connectivity index (χ2n) is 6.05. The standard InChI is InChI=1S/C18H13F3N2O5/c19-18(20,21)15(11-3-5-13(6-4-11)23(26)27)28-17(25)12-2-1-10-7-8-22-16(24)14(10)9-12/h1-6,9,15H,7-8H2,(H,22,24). The zero-order chi connectivity index (χ0) is 20.5. The van der Waals surface area contributed by atoms with E-state index in [4.69, 9.17) is 0 Å². The van der Waals surface area contributed by atoms with Gasteiger partial charge in [0.1, 0.15) is 0 Å². The quantitative estimate of drug-likeness (QED) is 0.487. The minimum Gasteiger partial charge on any atom is -0.444 e. The monoisotopic (exact) mass is 394 g/mol. The lowest BCUT2D eigenvalue weighted by Crippen LogP contribution is -2.32. The SMILES string of the molecule is O=C(OC(c1ccc([N+](=O)[O-])cc1)C(F)(F)F)c1ccc2c(c1)C(=O)NCC2. The van der Waals surface area contributed by atoms with Gasteiger partial charge >= 0.3 is 12.1 Å². The highest BCUT2D eigenvalue weighted by atomic mass is 19.4. The van der Waals surface area contributed by atoms with Gasteiger partial charge in [-0.1, -0.05) is 6.07 Å². The zero-order valence-electron chi connectivity index (χ0n) is 14.2. The molecule has 0 saturated heterocycles. The first-order valence-electron chi connectivity index (χ1n) is 8.10. The van der Waals surface area contributed by atoms with Gasteiger partial charge in [-0.15, -0.1) is 0 Å². The molecule has 1 N–H and O–H groups in total. The van der Waals surface area contributed by atoms with E-state index >= 15 is 0 Å². The molecule has 1 aliphatic heterocycles. The third-order valence-corrected chi connectivity index (χ3v) is 4.20. The summed E-state index contributed by atoms with van der Waals surface area (Å²) in [6.07, 6.45) is -6.99. The molecule has 0 radical (unpaired) electrons. The first-order valence-corrected chi connectivity index (χ1v) is 8.10. The maximum atomic E-state index is 13.4. The van der Waals surface area contributed by atoms with Crippen LogP contribution in [0.1, 0.15) is 37.9 Å². The number of nitrogens with zero attached hydrogens (tertiary/aromatic N) is 1. The van der Waals surface area contributed by atoms with E-state index in [1.165, 1.54) is 18.2 Å². The Morgan fingerprint density at radius 3 is 2.46 bits per heavy atom. The third-order valence-electron chi connectivity index (χ3n) is 4.20. The number of amides is 1. The summed E-state index contributed by atoms with van der Waals surface area (Å²) in [5, 5.41) is 13.2. The predicted octanol–water partition coefficient (Wildman–Crippen LogP) is 3.34. The molecule has 3 rings (SSSR count). The second-order valence-corrected chi connectivity index (χ2v) is 6.05. The fourth-order valence-corrected chi connectivity index (χ4v) is 2.81. The van der Waals surface area contributed by atoms with Crippen molar-refractivity contribution in [2.24, 2.45) is 0 Å². The van der Waals surface area contributed by atoms with Gasteiger partial charge in [0.15, 0.2) is 0 Å². The van der Waals surface area contributed by atoms with Crippen LogP contribution < -0.4 is 5.32 Å². The fraction of sp³-hybridized carbons (Fsp3) is 0.222. The Hall–Kier alpha value is -3.43. The average Bonchev–Trinajstić information content (AvgIpc) is 2.65. The molecule has 0 fully saturated rings. The van der Waals surface area contributed by atoms with Crippen molar-refractivity contribution in [3.8, 4) is 0 Å². The number of nitro groups is 1. The molecule has 1 atom stereocenters. The number of carbonyl (C=O) groups is 2. The summed E-state index contributed by atoms with van der Waals surface area (Å²) in [6.45, 7) is 0.436. The van der Waals surface area contributed by atoms with Gasteiger partial charge in [0.2, 0.25) is 6.10 Å². The largest absolute Gasteiger partial charge is 0.444 e. The van der Waals surface area contributed by atoms with Crippen molar-refractivity contribution >= 4 is 17.6 Å². The molecular formula is C18H13F3N2O5. The lowest BCUT2D eigenvalue weighted by atomic mass is 9.98. The lowest BCUT2D eigenvalue weighted by Gasteiger charge is -2.22. The Labute approximate surface area is 156 Å². The summed E-state index contributed by atoms with van der Waals surface area (Å²) in [7, 11) is 0. The molecule has 1 heterocycles. The number of carbonyl (C=O) groups excluding carboxylic acids is 2. The number of rotatable bonds is 4. The number of hydrogen-bond donors (Lipinski definition) is 1. The number of nitro benzene ring substituents is 1. The van der Waals surface area contributed by atoms with E-state index < -0.39 is 40.3 Å². The van der Waals surface area contributed by atoms with Crippen LogP contribution in [0.5, 0.6) is 0 Å². The van der Waals surface area contributed by atoms with Crippen LogP contribution in [0.3, 0.4) is 0 Å². The van der Waals surface area contributed by atoms with Crippen molar-refractivity contribution in [1.82, 2.24) is 5.32 Å². The van der Waals surface area contributed by atoms with Gasteiger partial charge in [-0.3, -0.25) is 14.9 Å². The molecule has 0 spiro atoms. The Morgan fingerprint density at radius 2 is 1.86 bits per heavy atom. The molecule has 0 bridgehead atoms. The van der Waals surface area contributed by atoms with Crippen molar-refractivity contribution < 1.29 is 32.4 Å². The van der Waals surface area contributed by atoms with Crippen LogP contribution in [0, 0.1) is 10.1 Å². The molecule has 28 heavy (non-hydrogen) atoms. The van der Waals surface area contributed by atoms with Crippen LogP contribution in [0.25, 0.3) is 0 Å². The number of nitrogens with one attached hydrogen (secondary N) is 1. The Kier molecular flexibility index (Phi) is 5.04. The first-order chi connectivity index (χ1) is 13.2. The highest BCUT2D eigenvalue weighted by Crippen LogP contribution is 2.37. The lowest BCUT2D eigenvalue weighted by molar-refractivity contribution is -0.384. The molecule has 2 aromatic carbocycles. The van der Waals surface area contributed by atoms with Gasteiger partial charge in [-0.2, -0.15) is 13.2 Å². The van der Waals surface area contributed by atoms with Crippen LogP contribution in [0.4, 0.5) is 18.9 Å². The number of halogens is 3. The number of ether oxygens (including phenoxy) is 1. The summed E-state index contributed by atoms with van der Waals surface area (Å²) in [5.41, 5.74) is -0.159. The minimum atomic E-state index is -4.93. The van der Waals surface area contributed by atoms with Crippen LogP contribution in [0.2, 0.25) is 0 Å². The summed E-state index contributed by atoms with van der Waals surface area (Å²) < 4.78 is 44.9. The van der Waals surface area contributed by atoms with E-state index in [0.29, 0.717) is 18.5 Å². The van der Waals surface area contributed by atoms with Crippen molar-refractivity contribution in [3.63, 3.8) is 0 Å².